The zero-order chi connectivity index (χ0) is 13.2. The third-order valence-corrected chi connectivity index (χ3v) is 2.52. The highest BCUT2D eigenvalue weighted by atomic mass is 19.4. The van der Waals surface area contributed by atoms with Gasteiger partial charge in [-0.1, -0.05) is 0 Å². The van der Waals surface area contributed by atoms with E-state index in [0.717, 1.165) is 24.2 Å². The summed E-state index contributed by atoms with van der Waals surface area (Å²) >= 11 is 0. The first-order valence-corrected chi connectivity index (χ1v) is 5.42. The average Bonchev–Trinajstić information content (AvgIpc) is 2.72. The van der Waals surface area contributed by atoms with Gasteiger partial charge in [0.1, 0.15) is 6.54 Å². The number of hydrogen-bond donors (Lipinski definition) is 3. The topological polar surface area (TPSA) is 53.2 Å². The molecular formula is C11H12F3N3O. The van der Waals surface area contributed by atoms with Gasteiger partial charge in [0, 0.05) is 17.9 Å². The standard InChI is InChI=1S/C11H12F3N3O/c12-11(13,14)6-16-10(18)17-8-1-2-9-7(5-8)3-4-15-9/h1-2,5,15H,3-4,6H2,(H2,16,17,18). The molecule has 1 heterocycles. The van der Waals surface area contributed by atoms with Crippen molar-refractivity contribution in [3.05, 3.63) is 23.8 Å². The average molecular weight is 259 g/mol. The Kier molecular flexibility index (Phi) is 3.31. The van der Waals surface area contributed by atoms with Crippen molar-refractivity contribution >= 4 is 17.4 Å². The number of carbonyl (C=O) groups is 1. The van der Waals surface area contributed by atoms with E-state index in [2.05, 4.69) is 10.6 Å². The van der Waals surface area contributed by atoms with Crippen molar-refractivity contribution < 1.29 is 18.0 Å². The number of amides is 2. The molecule has 98 valence electrons. The molecule has 4 nitrogen and oxygen atoms in total. The molecule has 0 fully saturated rings. The number of alkyl halides is 3. The summed E-state index contributed by atoms with van der Waals surface area (Å²) in [6.45, 7) is -0.510. The van der Waals surface area contributed by atoms with Crippen LogP contribution in [0.3, 0.4) is 0 Å². The summed E-state index contributed by atoms with van der Waals surface area (Å²) in [5.74, 6) is 0. The van der Waals surface area contributed by atoms with E-state index < -0.39 is 18.8 Å². The number of rotatable bonds is 2. The van der Waals surface area contributed by atoms with E-state index in [0.29, 0.717) is 5.69 Å². The largest absolute Gasteiger partial charge is 0.405 e. The van der Waals surface area contributed by atoms with Crippen molar-refractivity contribution in [2.75, 3.05) is 23.7 Å². The summed E-state index contributed by atoms with van der Waals surface area (Å²) in [6, 6.07) is 4.33. The van der Waals surface area contributed by atoms with Crippen LogP contribution in [0.4, 0.5) is 29.3 Å². The molecule has 3 N–H and O–H groups in total. The molecule has 18 heavy (non-hydrogen) atoms. The van der Waals surface area contributed by atoms with Gasteiger partial charge in [-0.3, -0.25) is 0 Å². The quantitative estimate of drug-likeness (QED) is 0.763. The molecule has 0 saturated carbocycles. The van der Waals surface area contributed by atoms with Crippen molar-refractivity contribution in [1.29, 1.82) is 0 Å². The van der Waals surface area contributed by atoms with Gasteiger partial charge in [0.05, 0.1) is 0 Å². The Hall–Kier alpha value is -1.92. The number of carbonyl (C=O) groups excluding carboxylic acids is 1. The van der Waals surface area contributed by atoms with Crippen molar-refractivity contribution in [3.63, 3.8) is 0 Å². The molecule has 0 bridgehead atoms. The first-order chi connectivity index (χ1) is 8.44. The van der Waals surface area contributed by atoms with Crippen LogP contribution in [0.25, 0.3) is 0 Å². The summed E-state index contributed by atoms with van der Waals surface area (Å²) in [5, 5.41) is 7.26. The van der Waals surface area contributed by atoms with Crippen LogP contribution >= 0.6 is 0 Å². The lowest BCUT2D eigenvalue weighted by atomic mass is 10.1. The Bertz CT molecular complexity index is 459. The van der Waals surface area contributed by atoms with Crippen molar-refractivity contribution in [2.24, 2.45) is 0 Å². The smallest absolute Gasteiger partial charge is 0.384 e. The lowest BCUT2D eigenvalue weighted by molar-refractivity contribution is -0.122. The monoisotopic (exact) mass is 259 g/mol. The lowest BCUT2D eigenvalue weighted by Gasteiger charge is -2.10. The van der Waals surface area contributed by atoms with Gasteiger partial charge in [-0.2, -0.15) is 13.2 Å². The summed E-state index contributed by atoms with van der Waals surface area (Å²) in [4.78, 5) is 11.2. The third kappa shape index (κ3) is 3.28. The minimum atomic E-state index is -4.40. The first-order valence-electron chi connectivity index (χ1n) is 5.42. The molecule has 0 atom stereocenters. The molecule has 2 rings (SSSR count). The predicted octanol–water partition coefficient (Wildman–Crippen LogP) is 2.34. The molecule has 1 aromatic rings. The maximum absolute atomic E-state index is 11.9. The number of fused-ring (bicyclic) bond motifs is 1. The van der Waals surface area contributed by atoms with E-state index in [-0.39, 0.29) is 0 Å². The minimum Gasteiger partial charge on any atom is -0.384 e. The van der Waals surface area contributed by atoms with Crippen molar-refractivity contribution in [2.45, 2.75) is 12.6 Å². The second-order valence-corrected chi connectivity index (χ2v) is 3.97. The molecule has 1 aliphatic heterocycles. The summed E-state index contributed by atoms with van der Waals surface area (Å²) in [7, 11) is 0. The second-order valence-electron chi connectivity index (χ2n) is 3.97. The fraction of sp³-hybridized carbons (Fsp3) is 0.364. The van der Waals surface area contributed by atoms with Gasteiger partial charge in [-0.05, 0) is 30.2 Å². The van der Waals surface area contributed by atoms with E-state index in [1.807, 2.05) is 0 Å². The molecule has 0 spiro atoms. The third-order valence-electron chi connectivity index (χ3n) is 2.52. The Balaban J connectivity index is 1.91. The molecule has 0 aromatic heterocycles. The number of benzene rings is 1. The molecule has 1 aromatic carbocycles. The molecule has 0 aliphatic carbocycles. The number of anilines is 2. The van der Waals surface area contributed by atoms with Crippen LogP contribution in [-0.4, -0.2) is 25.3 Å². The van der Waals surface area contributed by atoms with E-state index >= 15 is 0 Å². The number of nitrogens with one attached hydrogen (secondary N) is 3. The molecule has 2 amide bonds. The Morgan fingerprint density at radius 2 is 2.17 bits per heavy atom. The zero-order valence-corrected chi connectivity index (χ0v) is 9.40. The fourth-order valence-electron chi connectivity index (χ4n) is 1.74. The molecule has 0 saturated heterocycles. The summed E-state index contributed by atoms with van der Waals surface area (Å²) < 4.78 is 35.7. The van der Waals surface area contributed by atoms with Gasteiger partial charge >= 0.3 is 12.2 Å². The zero-order valence-electron chi connectivity index (χ0n) is 9.40. The summed E-state index contributed by atoms with van der Waals surface area (Å²) in [5.41, 5.74) is 2.52. The highest BCUT2D eigenvalue weighted by Crippen LogP contribution is 2.25. The predicted molar refractivity (Wildman–Crippen MR) is 61.7 cm³/mol. The highest BCUT2D eigenvalue weighted by molar-refractivity contribution is 5.89. The molecule has 7 heteroatoms. The van der Waals surface area contributed by atoms with Crippen LogP contribution in [0.2, 0.25) is 0 Å². The van der Waals surface area contributed by atoms with E-state index in [4.69, 9.17) is 0 Å². The SMILES string of the molecule is O=C(NCC(F)(F)F)Nc1ccc2c(c1)CCN2. The van der Waals surface area contributed by atoms with E-state index in [1.54, 1.807) is 23.5 Å². The van der Waals surface area contributed by atoms with Gasteiger partial charge in [0.15, 0.2) is 0 Å². The van der Waals surface area contributed by atoms with E-state index in [9.17, 15) is 18.0 Å². The minimum absolute atomic E-state index is 0.483. The van der Waals surface area contributed by atoms with Crippen LogP contribution < -0.4 is 16.0 Å². The normalized spacial score (nSPS) is 13.7. The van der Waals surface area contributed by atoms with Gasteiger partial charge in [0.2, 0.25) is 0 Å². The number of urea groups is 1. The van der Waals surface area contributed by atoms with Gasteiger partial charge in [0.25, 0.3) is 0 Å². The highest BCUT2D eigenvalue weighted by Gasteiger charge is 2.27. The Labute approximate surface area is 102 Å². The van der Waals surface area contributed by atoms with Gasteiger partial charge < -0.3 is 16.0 Å². The first kappa shape index (κ1) is 12.5. The van der Waals surface area contributed by atoms with Gasteiger partial charge in [-0.15, -0.1) is 0 Å². The maximum atomic E-state index is 11.9. The lowest BCUT2D eigenvalue weighted by Crippen LogP contribution is -2.36. The number of hydrogen-bond acceptors (Lipinski definition) is 2. The van der Waals surface area contributed by atoms with Crippen molar-refractivity contribution in [1.82, 2.24) is 5.32 Å². The maximum Gasteiger partial charge on any atom is 0.405 e. The van der Waals surface area contributed by atoms with Crippen LogP contribution in [-0.2, 0) is 6.42 Å². The second kappa shape index (κ2) is 4.75. The van der Waals surface area contributed by atoms with Crippen LogP contribution in [0, 0.1) is 0 Å². The van der Waals surface area contributed by atoms with Gasteiger partial charge in [-0.25, -0.2) is 4.79 Å². The molecular weight excluding hydrogens is 247 g/mol. The molecule has 1 aliphatic rings. The Morgan fingerprint density at radius 1 is 1.39 bits per heavy atom. The molecule has 0 unspecified atom stereocenters. The number of halogens is 3. The van der Waals surface area contributed by atoms with Crippen LogP contribution in [0.15, 0.2) is 18.2 Å². The van der Waals surface area contributed by atoms with Crippen molar-refractivity contribution in [3.8, 4) is 0 Å². The Morgan fingerprint density at radius 3 is 2.89 bits per heavy atom. The van der Waals surface area contributed by atoms with Crippen LogP contribution in [0.1, 0.15) is 5.56 Å². The van der Waals surface area contributed by atoms with E-state index in [1.165, 1.54) is 0 Å². The fourth-order valence-corrected chi connectivity index (χ4v) is 1.74. The summed E-state index contributed by atoms with van der Waals surface area (Å²) in [6.07, 6.45) is -3.56. The van der Waals surface area contributed by atoms with Crippen LogP contribution in [0.5, 0.6) is 0 Å². The molecule has 0 radical (unpaired) electrons.